The summed E-state index contributed by atoms with van der Waals surface area (Å²) in [6, 6.07) is 20.8. The number of ketones is 1. The number of thioether (sulfide) groups is 1. The molecule has 0 spiro atoms. The molecule has 0 radical (unpaired) electrons. The Kier molecular flexibility index (Phi) is 4.16. The summed E-state index contributed by atoms with van der Waals surface area (Å²) in [6.07, 6.45) is 3.19. The van der Waals surface area contributed by atoms with Crippen LogP contribution in [0.4, 0.5) is 0 Å². The van der Waals surface area contributed by atoms with Gasteiger partial charge < -0.3 is 0 Å². The fourth-order valence-corrected chi connectivity index (χ4v) is 4.38. The Morgan fingerprint density at radius 2 is 1.71 bits per heavy atom. The van der Waals surface area contributed by atoms with Crippen molar-refractivity contribution in [3.8, 4) is 0 Å². The van der Waals surface area contributed by atoms with Gasteiger partial charge >= 0.3 is 0 Å². The third kappa shape index (κ3) is 3.21. The van der Waals surface area contributed by atoms with Crippen molar-refractivity contribution in [2.75, 3.05) is 0 Å². The van der Waals surface area contributed by atoms with E-state index >= 15 is 0 Å². The highest BCUT2D eigenvalue weighted by molar-refractivity contribution is 8.01. The molecule has 3 rings (SSSR count). The third-order valence-electron chi connectivity index (χ3n) is 4.31. The van der Waals surface area contributed by atoms with Crippen LogP contribution in [0.2, 0.25) is 0 Å². The van der Waals surface area contributed by atoms with Gasteiger partial charge in [-0.2, -0.15) is 0 Å². The molecule has 108 valence electrons. The monoisotopic (exact) mass is 296 g/mol. The average Bonchev–Trinajstić information content (AvgIpc) is 3.22. The minimum absolute atomic E-state index is 0.171. The molecular formula is C19H20OS. The molecule has 0 bridgehead atoms. The van der Waals surface area contributed by atoms with Gasteiger partial charge in [0.05, 0.1) is 4.75 Å². The molecule has 0 heterocycles. The van der Waals surface area contributed by atoms with E-state index in [1.165, 1.54) is 10.5 Å². The first-order valence-corrected chi connectivity index (χ1v) is 8.31. The van der Waals surface area contributed by atoms with E-state index in [0.29, 0.717) is 11.7 Å². The van der Waals surface area contributed by atoms with Crippen molar-refractivity contribution in [3.63, 3.8) is 0 Å². The van der Waals surface area contributed by atoms with E-state index in [1.54, 1.807) is 18.7 Å². The van der Waals surface area contributed by atoms with E-state index in [0.717, 1.165) is 19.3 Å². The van der Waals surface area contributed by atoms with E-state index in [4.69, 9.17) is 0 Å². The zero-order valence-electron chi connectivity index (χ0n) is 12.3. The first-order valence-electron chi connectivity index (χ1n) is 7.50. The first-order chi connectivity index (χ1) is 10.2. The fourth-order valence-electron chi connectivity index (χ4n) is 2.95. The number of Topliss-reactive ketones (excluding diaryl/α,β-unsaturated/α-hetero) is 1. The predicted molar refractivity (Wildman–Crippen MR) is 88.6 cm³/mol. The Morgan fingerprint density at radius 1 is 1.10 bits per heavy atom. The van der Waals surface area contributed by atoms with Gasteiger partial charge in [0.25, 0.3) is 0 Å². The Morgan fingerprint density at radius 3 is 2.33 bits per heavy atom. The zero-order chi connectivity index (χ0) is 14.7. The number of aryl methyl sites for hydroxylation is 1. The van der Waals surface area contributed by atoms with E-state index < -0.39 is 0 Å². The lowest BCUT2D eigenvalue weighted by atomic mass is 10.1. The van der Waals surface area contributed by atoms with Crippen molar-refractivity contribution in [2.24, 2.45) is 5.92 Å². The fraction of sp³-hybridized carbons (Fsp3) is 0.316. The molecule has 2 aromatic carbocycles. The molecule has 2 aromatic rings. The minimum atomic E-state index is -0.171. The average molecular weight is 296 g/mol. The van der Waals surface area contributed by atoms with Crippen LogP contribution in [0.25, 0.3) is 0 Å². The molecule has 1 aliphatic rings. The van der Waals surface area contributed by atoms with Gasteiger partial charge in [-0.3, -0.25) is 4.79 Å². The molecule has 1 nitrogen and oxygen atoms in total. The van der Waals surface area contributed by atoms with Crippen LogP contribution in [-0.2, 0) is 11.2 Å². The van der Waals surface area contributed by atoms with Crippen LogP contribution in [0.15, 0.2) is 65.6 Å². The van der Waals surface area contributed by atoms with Gasteiger partial charge in [0.1, 0.15) is 5.78 Å². The van der Waals surface area contributed by atoms with Crippen molar-refractivity contribution in [3.05, 3.63) is 66.2 Å². The predicted octanol–water partition coefficient (Wildman–Crippen LogP) is 4.76. The van der Waals surface area contributed by atoms with Crippen LogP contribution < -0.4 is 0 Å². The number of hydrogen-bond donors (Lipinski definition) is 0. The molecule has 1 aliphatic carbocycles. The molecule has 2 heteroatoms. The minimum Gasteiger partial charge on any atom is -0.298 e. The molecule has 0 saturated heterocycles. The summed E-state index contributed by atoms with van der Waals surface area (Å²) in [5.74, 6) is 0.842. The second-order valence-electron chi connectivity index (χ2n) is 5.79. The standard InChI is InChI=1S/C19H20OS/c1-15(20)19(21-18-10-6-3-7-11-18)14-17(19)13-12-16-8-4-2-5-9-16/h2-11,17H,12-14H2,1H3/t17-,19-/m0/s1. The van der Waals surface area contributed by atoms with Gasteiger partial charge in [0, 0.05) is 4.90 Å². The molecule has 0 N–H and O–H groups in total. The van der Waals surface area contributed by atoms with Gasteiger partial charge in [-0.05, 0) is 49.8 Å². The lowest BCUT2D eigenvalue weighted by Gasteiger charge is -2.14. The summed E-state index contributed by atoms with van der Waals surface area (Å²) >= 11 is 1.76. The molecule has 0 amide bonds. The lowest BCUT2D eigenvalue weighted by molar-refractivity contribution is -0.117. The molecular weight excluding hydrogens is 276 g/mol. The van der Waals surface area contributed by atoms with E-state index in [2.05, 4.69) is 36.4 Å². The highest BCUT2D eigenvalue weighted by Gasteiger charge is 2.58. The van der Waals surface area contributed by atoms with Crippen LogP contribution in [-0.4, -0.2) is 10.5 Å². The van der Waals surface area contributed by atoms with Gasteiger partial charge in [0.15, 0.2) is 0 Å². The van der Waals surface area contributed by atoms with E-state index in [9.17, 15) is 4.79 Å². The van der Waals surface area contributed by atoms with Crippen molar-refractivity contribution >= 4 is 17.5 Å². The Bertz CT molecular complexity index is 608. The number of hydrogen-bond acceptors (Lipinski definition) is 2. The molecule has 2 atom stereocenters. The summed E-state index contributed by atoms with van der Waals surface area (Å²) in [5, 5.41) is 0. The summed E-state index contributed by atoms with van der Waals surface area (Å²) in [5.41, 5.74) is 1.37. The highest BCUT2D eigenvalue weighted by Crippen LogP contribution is 2.59. The maximum atomic E-state index is 12.1. The summed E-state index contributed by atoms with van der Waals surface area (Å²) in [7, 11) is 0. The van der Waals surface area contributed by atoms with Crippen LogP contribution >= 0.6 is 11.8 Å². The molecule has 1 fully saturated rings. The number of benzene rings is 2. The smallest absolute Gasteiger partial charge is 0.146 e. The number of rotatable bonds is 6. The van der Waals surface area contributed by atoms with Crippen LogP contribution in [0.5, 0.6) is 0 Å². The van der Waals surface area contributed by atoms with Crippen molar-refractivity contribution in [2.45, 2.75) is 35.8 Å². The van der Waals surface area contributed by atoms with E-state index in [-0.39, 0.29) is 4.75 Å². The van der Waals surface area contributed by atoms with Gasteiger partial charge in [-0.1, -0.05) is 48.5 Å². The molecule has 0 aromatic heterocycles. The van der Waals surface area contributed by atoms with Crippen molar-refractivity contribution in [1.82, 2.24) is 0 Å². The normalized spacial score (nSPS) is 23.8. The number of carbonyl (C=O) groups excluding carboxylic acids is 1. The van der Waals surface area contributed by atoms with Crippen LogP contribution in [0.3, 0.4) is 0 Å². The second kappa shape index (κ2) is 6.07. The zero-order valence-corrected chi connectivity index (χ0v) is 13.1. The van der Waals surface area contributed by atoms with Crippen LogP contribution in [0.1, 0.15) is 25.3 Å². The van der Waals surface area contributed by atoms with Gasteiger partial charge in [0.2, 0.25) is 0 Å². The largest absolute Gasteiger partial charge is 0.298 e. The molecule has 0 unspecified atom stereocenters. The Labute approximate surface area is 130 Å². The van der Waals surface area contributed by atoms with Gasteiger partial charge in [-0.15, -0.1) is 11.8 Å². The first kappa shape index (κ1) is 14.4. The lowest BCUT2D eigenvalue weighted by Crippen LogP contribution is -2.18. The summed E-state index contributed by atoms with van der Waals surface area (Å²) in [6.45, 7) is 1.75. The SMILES string of the molecule is CC(=O)[C@@]1(Sc2ccccc2)C[C@@H]1CCc1ccccc1. The van der Waals surface area contributed by atoms with Gasteiger partial charge in [-0.25, -0.2) is 0 Å². The molecule has 0 aliphatic heterocycles. The van der Waals surface area contributed by atoms with Crippen molar-refractivity contribution in [1.29, 1.82) is 0 Å². The van der Waals surface area contributed by atoms with E-state index in [1.807, 2.05) is 24.3 Å². The summed E-state index contributed by atoms with van der Waals surface area (Å²) < 4.78 is -0.171. The Hall–Kier alpha value is -1.54. The maximum absolute atomic E-state index is 12.1. The number of carbonyl (C=O) groups is 1. The summed E-state index contributed by atoms with van der Waals surface area (Å²) in [4.78, 5) is 13.3. The maximum Gasteiger partial charge on any atom is 0.146 e. The van der Waals surface area contributed by atoms with Crippen LogP contribution in [0, 0.1) is 5.92 Å². The topological polar surface area (TPSA) is 17.1 Å². The molecule has 1 saturated carbocycles. The van der Waals surface area contributed by atoms with Crippen molar-refractivity contribution < 1.29 is 4.79 Å². The quantitative estimate of drug-likeness (QED) is 0.764. The second-order valence-corrected chi connectivity index (χ2v) is 7.19. The Balaban J connectivity index is 1.64. The third-order valence-corrected chi connectivity index (χ3v) is 5.97. The highest BCUT2D eigenvalue weighted by atomic mass is 32.2. The molecule has 21 heavy (non-hydrogen) atoms.